The quantitative estimate of drug-likeness (QED) is 0.0741. The van der Waals surface area contributed by atoms with Crippen LogP contribution in [0.3, 0.4) is 0 Å². The topological polar surface area (TPSA) is 181 Å². The van der Waals surface area contributed by atoms with Crippen molar-refractivity contribution in [3.8, 4) is 0 Å². The van der Waals surface area contributed by atoms with Crippen molar-refractivity contribution in [3.63, 3.8) is 0 Å². The van der Waals surface area contributed by atoms with E-state index in [1.807, 2.05) is 12.1 Å². The largest absolute Gasteiger partial charge is 0.469 e. The number of benzene rings is 3. The summed E-state index contributed by atoms with van der Waals surface area (Å²) < 4.78 is 76.8. The minimum atomic E-state index is -1.64. The zero-order chi connectivity index (χ0) is 44.4. The Bertz CT molecular complexity index is 1740. The van der Waals surface area contributed by atoms with Crippen molar-refractivity contribution < 1.29 is 66.9 Å². The van der Waals surface area contributed by atoms with Gasteiger partial charge >= 0.3 is 5.97 Å². The molecule has 324 valence electrons. The lowest BCUT2D eigenvalue weighted by Gasteiger charge is -2.49. The van der Waals surface area contributed by atoms with Crippen LogP contribution in [0.1, 0.15) is 72.7 Å². The highest BCUT2D eigenvalue weighted by Crippen LogP contribution is 2.34. The number of hydrogen-bond donors (Lipinski definition) is 4. The Morgan fingerprint density at radius 1 is 0.678 bits per heavy atom. The van der Waals surface area contributed by atoms with E-state index in [0.717, 1.165) is 32.1 Å². The predicted molar refractivity (Wildman–Crippen MR) is 215 cm³/mol. The van der Waals surface area contributed by atoms with Crippen LogP contribution in [0.5, 0.6) is 0 Å². The van der Waals surface area contributed by atoms with Gasteiger partial charge in [0.15, 0.2) is 12.6 Å². The molecule has 2 fully saturated rings. The van der Waals surface area contributed by atoms with Crippen LogP contribution >= 0.6 is 0 Å². The van der Waals surface area contributed by atoms with Gasteiger partial charge in [-0.1, -0.05) is 117 Å². The summed E-state index contributed by atoms with van der Waals surface area (Å²) >= 11 is 0. The van der Waals surface area contributed by atoms with Gasteiger partial charge in [0.05, 0.1) is 44.2 Å². The third kappa shape index (κ3) is 14.7. The van der Waals surface area contributed by atoms with Crippen LogP contribution in [0, 0.1) is 0 Å². The number of amides is 1. The van der Waals surface area contributed by atoms with E-state index < -0.39 is 93.6 Å². The fourth-order valence-electron chi connectivity index (χ4n) is 6.88. The van der Waals surface area contributed by atoms with Crippen molar-refractivity contribution in [1.82, 2.24) is 5.32 Å². The number of aliphatic hydroxyl groups is 3. The summed E-state index contributed by atoms with van der Waals surface area (Å²) in [4.78, 5) is 23.9. The molecule has 2 saturated heterocycles. The number of esters is 1. The molecule has 2 aliphatic rings. The first-order chi connectivity index (χ1) is 30.0. The molecule has 2 aliphatic heterocycles. The summed E-state index contributed by atoms with van der Waals surface area (Å²) in [5, 5.41) is 34.7. The monoisotopic (exact) mass is 826 g/mol. The summed E-state index contributed by atoms with van der Waals surface area (Å²) in [7, 11) is 1.37. The Morgan fingerprint density at radius 3 is 1.80 bits per heavy atom. The van der Waals surface area contributed by atoms with E-state index in [2.05, 4.69) is 5.32 Å². The Labute approximate surface area is 351 Å². The molecule has 0 aromatic heterocycles. The molecule has 0 radical (unpaired) electrons. The molecule has 14 nitrogen and oxygen atoms in total. The molecule has 0 saturated carbocycles. The maximum atomic E-state index is 12.4. The molecule has 59 heavy (non-hydrogen) atoms. The van der Waals surface area contributed by atoms with Crippen LogP contribution in [-0.4, -0.2) is 115 Å². The Morgan fingerprint density at radius 2 is 1.22 bits per heavy atom. The van der Waals surface area contributed by atoms with Gasteiger partial charge < -0.3 is 58.5 Å². The van der Waals surface area contributed by atoms with E-state index in [1.54, 1.807) is 78.9 Å². The number of unbranched alkanes of at least 4 members (excludes halogenated alkanes) is 5. The molecule has 4 unspecified atom stereocenters. The molecule has 4 N–H and O–H groups in total. The molecule has 13 atom stereocenters. The minimum Gasteiger partial charge on any atom is -0.469 e. The van der Waals surface area contributed by atoms with Gasteiger partial charge in [0.25, 0.3) is 0 Å². The normalized spacial score (nSPS) is 29.3. The standard InChI is InChI=1S/C45H61NO13/c1-31(48)46-38-40(51)39(50)35(26-47)57-44(38)59-43-42(56-29-34-22-14-9-15-23-34)41(55-28-33-20-12-8-13-21-33)36(30-53-27-32-18-10-7-11-19-32)58-45(43)54-25-17-6-4-3-5-16-24-37(49)52-2/h7-15,18-23,35-36,38-45,47,50-51H,3-6,16-17,24-30H2,1-2H3,(H,46,48)/t35-,36-,38-,39-,40-,41-,42+,43+,44+,45?/m1/s1/i27D,28D,29D/t27?,28?,29?,35-,36-,38-,39-,40-,41-,42+,43+,44+,45?. The summed E-state index contributed by atoms with van der Waals surface area (Å²) in [6, 6.07) is 25.1. The smallest absolute Gasteiger partial charge is 0.305 e. The molecule has 3 aromatic rings. The van der Waals surface area contributed by atoms with Crippen molar-refractivity contribution in [1.29, 1.82) is 0 Å². The molecule has 2 heterocycles. The Kier molecular flexibility index (Phi) is 17.8. The molecule has 0 aliphatic carbocycles. The fraction of sp³-hybridized carbons (Fsp3) is 0.556. The average Bonchev–Trinajstić information content (AvgIpc) is 3.29. The Hall–Kier alpha value is -3.80. The van der Waals surface area contributed by atoms with Crippen molar-refractivity contribution in [2.45, 2.75) is 133 Å². The lowest BCUT2D eigenvalue weighted by molar-refractivity contribution is -0.364. The number of carbonyl (C=O) groups is 2. The van der Waals surface area contributed by atoms with Crippen LogP contribution in [0.25, 0.3) is 0 Å². The lowest BCUT2D eigenvalue weighted by Crippen LogP contribution is -2.68. The van der Waals surface area contributed by atoms with Crippen molar-refractivity contribution in [2.24, 2.45) is 0 Å². The highest BCUT2D eigenvalue weighted by molar-refractivity contribution is 5.73. The first kappa shape index (κ1) is 41.9. The molecular weight excluding hydrogens is 762 g/mol. The van der Waals surface area contributed by atoms with E-state index in [1.165, 1.54) is 14.0 Å². The van der Waals surface area contributed by atoms with Gasteiger partial charge in [0.1, 0.15) is 48.8 Å². The third-order valence-corrected chi connectivity index (χ3v) is 10.0. The summed E-state index contributed by atoms with van der Waals surface area (Å²) in [6.07, 6.45) is -7.28. The van der Waals surface area contributed by atoms with Gasteiger partial charge in [-0.25, -0.2) is 0 Å². The van der Waals surface area contributed by atoms with Crippen LogP contribution in [-0.2, 0) is 67.2 Å². The van der Waals surface area contributed by atoms with E-state index in [0.29, 0.717) is 29.5 Å². The van der Waals surface area contributed by atoms with Crippen LogP contribution in [0.15, 0.2) is 91.0 Å². The minimum absolute atomic E-state index is 0.166. The van der Waals surface area contributed by atoms with E-state index in [9.17, 15) is 26.3 Å². The first-order valence-corrected chi connectivity index (χ1v) is 20.2. The van der Waals surface area contributed by atoms with Gasteiger partial charge in [0.2, 0.25) is 5.91 Å². The molecular formula is C45H61NO13. The maximum absolute atomic E-state index is 12.4. The number of nitrogens with one attached hydrogen (secondary N) is 1. The number of aliphatic hydroxyl groups excluding tert-OH is 3. The van der Waals surface area contributed by atoms with E-state index >= 15 is 0 Å². The SMILES string of the molecule is [2H]C(OC[C@H]1OC(OCCCCCCCCC(=O)OC)[C@@H](O[C@@H]2O[C@H](CO)[C@@H](O)[C@H](O)[C@H]2NC(C)=O)[C@@H](OC([2H])c2ccccc2)[C@@H]1OC([2H])c1ccccc1)c1ccccc1. The average molecular weight is 827 g/mol. The molecule has 5 rings (SSSR count). The highest BCUT2D eigenvalue weighted by Gasteiger charge is 2.53. The number of hydrogen-bond acceptors (Lipinski definition) is 13. The van der Waals surface area contributed by atoms with Gasteiger partial charge in [-0.2, -0.15) is 0 Å². The maximum Gasteiger partial charge on any atom is 0.305 e. The summed E-state index contributed by atoms with van der Waals surface area (Å²) in [6.45, 7) is -3.33. The van der Waals surface area contributed by atoms with Gasteiger partial charge in [-0.05, 0) is 29.5 Å². The van der Waals surface area contributed by atoms with Crippen LogP contribution < -0.4 is 5.32 Å². The second kappa shape index (κ2) is 25.1. The van der Waals surface area contributed by atoms with Gasteiger partial charge in [-0.3, -0.25) is 9.59 Å². The fourth-order valence-corrected chi connectivity index (χ4v) is 6.88. The molecule has 0 spiro atoms. The molecule has 14 heteroatoms. The highest BCUT2D eigenvalue weighted by atomic mass is 16.8. The predicted octanol–water partition coefficient (Wildman–Crippen LogP) is 4.35. The van der Waals surface area contributed by atoms with Crippen molar-refractivity contribution in [3.05, 3.63) is 108 Å². The van der Waals surface area contributed by atoms with Gasteiger partial charge in [0, 0.05) is 20.0 Å². The Balaban J connectivity index is 1.50. The third-order valence-electron chi connectivity index (χ3n) is 10.0. The van der Waals surface area contributed by atoms with E-state index in [-0.39, 0.29) is 19.2 Å². The second-order valence-corrected chi connectivity index (χ2v) is 14.5. The zero-order valence-electron chi connectivity index (χ0n) is 36.7. The zero-order valence-corrected chi connectivity index (χ0v) is 33.7. The number of carbonyl (C=O) groups excluding carboxylic acids is 2. The van der Waals surface area contributed by atoms with Crippen LogP contribution in [0.4, 0.5) is 0 Å². The van der Waals surface area contributed by atoms with E-state index in [4.69, 9.17) is 40.6 Å². The molecule has 0 bridgehead atoms. The second-order valence-electron chi connectivity index (χ2n) is 14.5. The number of ether oxygens (including phenoxy) is 8. The summed E-state index contributed by atoms with van der Waals surface area (Å²) in [5.41, 5.74) is 1.57. The van der Waals surface area contributed by atoms with Crippen LogP contribution in [0.2, 0.25) is 0 Å². The first-order valence-electron chi connectivity index (χ1n) is 22.0. The lowest BCUT2D eigenvalue weighted by atomic mass is 9.95. The number of methoxy groups -OCH3 is 1. The van der Waals surface area contributed by atoms with Crippen molar-refractivity contribution >= 4 is 11.9 Å². The van der Waals surface area contributed by atoms with Crippen molar-refractivity contribution in [2.75, 3.05) is 26.9 Å². The number of rotatable bonds is 24. The molecule has 1 amide bonds. The summed E-state index contributed by atoms with van der Waals surface area (Å²) in [5.74, 6) is -0.804. The molecule has 3 aromatic carbocycles. The van der Waals surface area contributed by atoms with Gasteiger partial charge in [-0.15, -0.1) is 0 Å².